The summed E-state index contributed by atoms with van der Waals surface area (Å²) in [6.45, 7) is 0.701. The van der Waals surface area contributed by atoms with Crippen molar-refractivity contribution in [2.75, 3.05) is 30.0 Å². The summed E-state index contributed by atoms with van der Waals surface area (Å²) in [4.78, 5) is 11.9. The Kier molecular flexibility index (Phi) is 7.18. The molecule has 0 atom stereocenters. The van der Waals surface area contributed by atoms with Crippen LogP contribution >= 0.6 is 11.8 Å². The Balaban J connectivity index is 2.24. The molecule has 1 rings (SSSR count). The van der Waals surface area contributed by atoms with Gasteiger partial charge >= 0.3 is 0 Å². The van der Waals surface area contributed by atoms with Crippen molar-refractivity contribution in [2.45, 2.75) is 25.7 Å². The molecule has 1 amide bonds. The van der Waals surface area contributed by atoms with Gasteiger partial charge in [-0.15, -0.1) is 0 Å². The predicted octanol–water partition coefficient (Wildman–Crippen LogP) is 2.50. The van der Waals surface area contributed by atoms with Crippen molar-refractivity contribution in [3.63, 3.8) is 0 Å². The molecule has 1 aromatic rings. The molecule has 0 saturated heterocycles. The minimum atomic E-state index is -0.108. The lowest BCUT2D eigenvalue weighted by atomic mass is 10.1. The van der Waals surface area contributed by atoms with Crippen LogP contribution in [0.3, 0.4) is 0 Å². The number of rotatable bonds is 8. The molecule has 0 fully saturated rings. The highest BCUT2D eigenvalue weighted by atomic mass is 32.2. The van der Waals surface area contributed by atoms with Crippen LogP contribution in [0.4, 0.5) is 11.4 Å². The van der Waals surface area contributed by atoms with Gasteiger partial charge in [0.1, 0.15) is 0 Å². The quantitative estimate of drug-likeness (QED) is 0.505. The number of hydrogen-bond donors (Lipinski definition) is 3. The van der Waals surface area contributed by atoms with Crippen molar-refractivity contribution in [2.24, 2.45) is 0 Å². The monoisotopic (exact) mass is 281 g/mol. The summed E-state index contributed by atoms with van der Waals surface area (Å²) >= 11 is 1.88. The zero-order chi connectivity index (χ0) is 14.1. The fraction of sp³-hybridized carbons (Fsp3) is 0.500. The molecule has 0 bridgehead atoms. The first-order chi connectivity index (χ1) is 9.13. The van der Waals surface area contributed by atoms with E-state index in [0.717, 1.165) is 12.8 Å². The van der Waals surface area contributed by atoms with Gasteiger partial charge in [0.25, 0.3) is 5.91 Å². The number of unbranched alkanes of at least 4 members (excludes halogenated alkanes) is 3. The number of nitrogen functional groups attached to an aromatic ring is 2. The highest BCUT2D eigenvalue weighted by Gasteiger charge is 2.06. The second-order valence-electron chi connectivity index (χ2n) is 4.55. The molecule has 0 unspecified atom stereocenters. The molecular formula is C14H23N3OS. The molecule has 5 heteroatoms. The molecule has 0 saturated carbocycles. The molecule has 4 nitrogen and oxygen atoms in total. The third-order valence-electron chi connectivity index (χ3n) is 2.80. The van der Waals surface area contributed by atoms with E-state index in [4.69, 9.17) is 11.5 Å². The molecule has 0 heterocycles. The van der Waals surface area contributed by atoms with Gasteiger partial charge in [-0.2, -0.15) is 11.8 Å². The zero-order valence-electron chi connectivity index (χ0n) is 11.4. The number of nitrogens with two attached hydrogens (primary N) is 2. The maximum atomic E-state index is 11.9. The number of benzene rings is 1. The fourth-order valence-electron chi connectivity index (χ4n) is 1.84. The molecule has 0 radical (unpaired) electrons. The minimum Gasteiger partial charge on any atom is -0.399 e. The van der Waals surface area contributed by atoms with Crippen LogP contribution in [0.1, 0.15) is 36.0 Å². The Hall–Kier alpha value is -1.36. The Morgan fingerprint density at radius 3 is 2.37 bits per heavy atom. The van der Waals surface area contributed by atoms with E-state index >= 15 is 0 Å². The van der Waals surface area contributed by atoms with Crippen molar-refractivity contribution in [3.05, 3.63) is 23.8 Å². The molecule has 0 aliphatic heterocycles. The second-order valence-corrected chi connectivity index (χ2v) is 5.54. The molecule has 0 spiro atoms. The minimum absolute atomic E-state index is 0.108. The van der Waals surface area contributed by atoms with E-state index in [9.17, 15) is 4.79 Å². The van der Waals surface area contributed by atoms with Crippen molar-refractivity contribution in [1.29, 1.82) is 0 Å². The van der Waals surface area contributed by atoms with Crippen LogP contribution in [0.25, 0.3) is 0 Å². The van der Waals surface area contributed by atoms with E-state index in [2.05, 4.69) is 11.6 Å². The van der Waals surface area contributed by atoms with Gasteiger partial charge in [-0.25, -0.2) is 0 Å². The van der Waals surface area contributed by atoms with Crippen LogP contribution in [0.5, 0.6) is 0 Å². The molecule has 106 valence electrons. The largest absolute Gasteiger partial charge is 0.399 e. The Bertz CT molecular complexity index is 389. The molecule has 0 aliphatic rings. The van der Waals surface area contributed by atoms with Crippen LogP contribution in [0.2, 0.25) is 0 Å². The fourth-order valence-corrected chi connectivity index (χ4v) is 2.33. The van der Waals surface area contributed by atoms with Gasteiger partial charge in [0.2, 0.25) is 0 Å². The standard InChI is InChI=1S/C14H23N3OS/c1-19-7-5-3-2-4-6-17-14(18)11-8-12(15)10-13(16)9-11/h8-10H,2-7,15-16H2,1H3,(H,17,18). The second kappa shape index (κ2) is 8.69. The first kappa shape index (κ1) is 15.7. The first-order valence-electron chi connectivity index (χ1n) is 6.56. The van der Waals surface area contributed by atoms with Crippen LogP contribution < -0.4 is 16.8 Å². The molecule has 0 aromatic heterocycles. The van der Waals surface area contributed by atoms with Crippen LogP contribution in [0, 0.1) is 0 Å². The van der Waals surface area contributed by atoms with Crippen molar-refractivity contribution < 1.29 is 4.79 Å². The SMILES string of the molecule is CSCCCCCCNC(=O)c1cc(N)cc(N)c1. The Labute approximate surface area is 119 Å². The van der Waals surface area contributed by atoms with E-state index in [0.29, 0.717) is 23.5 Å². The number of carbonyl (C=O) groups is 1. The number of thioether (sulfide) groups is 1. The van der Waals surface area contributed by atoms with Gasteiger partial charge in [-0.3, -0.25) is 4.79 Å². The zero-order valence-corrected chi connectivity index (χ0v) is 12.3. The van der Waals surface area contributed by atoms with Crippen LogP contribution in [-0.4, -0.2) is 24.5 Å². The smallest absolute Gasteiger partial charge is 0.251 e. The normalized spacial score (nSPS) is 10.4. The average molecular weight is 281 g/mol. The maximum Gasteiger partial charge on any atom is 0.251 e. The first-order valence-corrected chi connectivity index (χ1v) is 7.96. The summed E-state index contributed by atoms with van der Waals surface area (Å²) in [6, 6.07) is 4.93. The lowest BCUT2D eigenvalue weighted by Crippen LogP contribution is -2.24. The average Bonchev–Trinajstić information content (AvgIpc) is 2.36. The van der Waals surface area contributed by atoms with Gasteiger partial charge in [-0.1, -0.05) is 12.8 Å². The third kappa shape index (κ3) is 6.38. The van der Waals surface area contributed by atoms with E-state index in [1.165, 1.54) is 18.6 Å². The summed E-state index contributed by atoms with van der Waals surface area (Å²) in [7, 11) is 0. The summed E-state index contributed by atoms with van der Waals surface area (Å²) in [6.07, 6.45) is 6.76. The van der Waals surface area contributed by atoms with E-state index < -0.39 is 0 Å². The molecule has 1 aromatic carbocycles. The highest BCUT2D eigenvalue weighted by molar-refractivity contribution is 7.98. The van der Waals surface area contributed by atoms with Crippen LogP contribution in [-0.2, 0) is 0 Å². The number of amides is 1. The molecule has 19 heavy (non-hydrogen) atoms. The van der Waals surface area contributed by atoms with Gasteiger partial charge in [-0.05, 0) is 43.0 Å². The molecular weight excluding hydrogens is 258 g/mol. The third-order valence-corrected chi connectivity index (χ3v) is 3.50. The van der Waals surface area contributed by atoms with E-state index in [1.54, 1.807) is 18.2 Å². The number of hydrogen-bond acceptors (Lipinski definition) is 4. The number of anilines is 2. The van der Waals surface area contributed by atoms with Gasteiger partial charge < -0.3 is 16.8 Å². The van der Waals surface area contributed by atoms with Gasteiger partial charge in [0, 0.05) is 23.5 Å². The predicted molar refractivity (Wildman–Crippen MR) is 84.5 cm³/mol. The topological polar surface area (TPSA) is 81.1 Å². The Morgan fingerprint density at radius 2 is 1.74 bits per heavy atom. The summed E-state index contributed by atoms with van der Waals surface area (Å²) < 4.78 is 0. The molecule has 5 N–H and O–H groups in total. The summed E-state index contributed by atoms with van der Waals surface area (Å²) in [5.74, 6) is 1.11. The lowest BCUT2D eigenvalue weighted by Gasteiger charge is -2.07. The Morgan fingerprint density at radius 1 is 1.11 bits per heavy atom. The summed E-state index contributed by atoms with van der Waals surface area (Å²) in [5, 5.41) is 2.89. The van der Waals surface area contributed by atoms with Crippen molar-refractivity contribution in [1.82, 2.24) is 5.32 Å². The maximum absolute atomic E-state index is 11.9. The van der Waals surface area contributed by atoms with E-state index in [1.807, 2.05) is 11.8 Å². The summed E-state index contributed by atoms with van der Waals surface area (Å²) in [5.41, 5.74) is 12.9. The van der Waals surface area contributed by atoms with Crippen molar-refractivity contribution in [3.8, 4) is 0 Å². The highest BCUT2D eigenvalue weighted by Crippen LogP contribution is 2.13. The number of carbonyl (C=O) groups excluding carboxylic acids is 1. The van der Waals surface area contributed by atoms with E-state index in [-0.39, 0.29) is 5.91 Å². The molecule has 0 aliphatic carbocycles. The lowest BCUT2D eigenvalue weighted by molar-refractivity contribution is 0.0953. The van der Waals surface area contributed by atoms with Gasteiger partial charge in [0.15, 0.2) is 0 Å². The van der Waals surface area contributed by atoms with Gasteiger partial charge in [0.05, 0.1) is 0 Å². The van der Waals surface area contributed by atoms with Crippen LogP contribution in [0.15, 0.2) is 18.2 Å². The van der Waals surface area contributed by atoms with Crippen molar-refractivity contribution >= 4 is 29.0 Å². The number of nitrogens with one attached hydrogen (secondary N) is 1.